The van der Waals surface area contributed by atoms with Crippen molar-refractivity contribution in [1.29, 1.82) is 0 Å². The minimum atomic E-state index is -0.208. The molecule has 38 heavy (non-hydrogen) atoms. The maximum Gasteiger partial charge on any atom is 0.253 e. The average Bonchev–Trinajstić information content (AvgIpc) is 2.84. The van der Waals surface area contributed by atoms with E-state index in [0.717, 1.165) is 35.6 Å². The van der Waals surface area contributed by atoms with Crippen molar-refractivity contribution >= 4 is 11.6 Å². The second-order valence-corrected chi connectivity index (χ2v) is 11.7. The molecule has 2 aliphatic rings. The number of nitrogens with one attached hydrogen (secondary N) is 3. The van der Waals surface area contributed by atoms with Gasteiger partial charge in [-0.1, -0.05) is 0 Å². The second-order valence-electron chi connectivity index (χ2n) is 11.7. The van der Waals surface area contributed by atoms with E-state index >= 15 is 0 Å². The van der Waals surface area contributed by atoms with Crippen LogP contribution in [0.1, 0.15) is 65.3 Å². The summed E-state index contributed by atoms with van der Waals surface area (Å²) in [6.07, 6.45) is 4.94. The van der Waals surface area contributed by atoms with Crippen LogP contribution in [0.15, 0.2) is 23.0 Å². The molecule has 0 bridgehead atoms. The van der Waals surface area contributed by atoms with Gasteiger partial charge in [-0.15, -0.1) is 0 Å². The molecule has 4 rings (SSSR count). The molecule has 1 atom stereocenters. The number of pyridine rings is 1. The molecule has 3 N–H and O–H groups in total. The van der Waals surface area contributed by atoms with E-state index in [1.165, 1.54) is 25.7 Å². The third kappa shape index (κ3) is 6.59. The Kier molecular flexibility index (Phi) is 8.83. The number of hydrogen-bond acceptors (Lipinski definition) is 6. The first-order valence-corrected chi connectivity index (χ1v) is 13.9. The van der Waals surface area contributed by atoms with E-state index in [4.69, 9.17) is 4.74 Å². The van der Waals surface area contributed by atoms with Crippen LogP contribution in [0.2, 0.25) is 0 Å². The zero-order valence-electron chi connectivity index (χ0n) is 24.1. The third-order valence-electron chi connectivity index (χ3n) is 8.44. The zero-order valence-corrected chi connectivity index (χ0v) is 24.1. The predicted octanol–water partition coefficient (Wildman–Crippen LogP) is 3.84. The fraction of sp³-hybridized carbons (Fsp3) is 0.600. The van der Waals surface area contributed by atoms with E-state index in [0.29, 0.717) is 28.8 Å². The van der Waals surface area contributed by atoms with Gasteiger partial charge in [0.1, 0.15) is 11.9 Å². The minimum absolute atomic E-state index is 0.124. The van der Waals surface area contributed by atoms with E-state index in [1.807, 2.05) is 39.0 Å². The van der Waals surface area contributed by atoms with Gasteiger partial charge in [0.25, 0.3) is 11.5 Å². The number of likely N-dealkylation sites (tertiary alicyclic amines) is 1. The molecule has 1 aliphatic carbocycles. The predicted molar refractivity (Wildman–Crippen MR) is 153 cm³/mol. The Bertz CT molecular complexity index is 1190. The highest BCUT2D eigenvalue weighted by Crippen LogP contribution is 2.33. The third-order valence-corrected chi connectivity index (χ3v) is 8.44. The molecule has 1 saturated carbocycles. The standard InChI is InChI=1S/C30H45N5O3/c1-18-12-19(2)32-30(37)27(18)15-31-29(36)26-13-24(38-25-16-35(7)17-25)14-28(20(26)3)33-21(4)22-8-10-23(11-9-22)34(5)6/h12-14,21-23,25,33H,8-11,15-17H2,1-7H3,(H,31,36)(H,32,37). The van der Waals surface area contributed by atoms with Crippen molar-refractivity contribution in [3.63, 3.8) is 0 Å². The summed E-state index contributed by atoms with van der Waals surface area (Å²) in [4.78, 5) is 33.3. The Balaban J connectivity index is 1.52. The van der Waals surface area contributed by atoms with Gasteiger partial charge in [0.05, 0.1) is 0 Å². The number of likely N-dealkylation sites (N-methyl/N-ethyl adjacent to an activating group) is 1. The summed E-state index contributed by atoms with van der Waals surface area (Å²) in [5, 5.41) is 6.71. The highest BCUT2D eigenvalue weighted by atomic mass is 16.5. The Hall–Kier alpha value is -2.84. The minimum Gasteiger partial charge on any atom is -0.488 e. The Morgan fingerprint density at radius 2 is 1.82 bits per heavy atom. The highest BCUT2D eigenvalue weighted by molar-refractivity contribution is 5.97. The van der Waals surface area contributed by atoms with Crippen LogP contribution >= 0.6 is 0 Å². The van der Waals surface area contributed by atoms with Gasteiger partial charge in [0, 0.05) is 60.3 Å². The molecular weight excluding hydrogens is 478 g/mol. The van der Waals surface area contributed by atoms with Crippen LogP contribution in [0.4, 0.5) is 5.69 Å². The molecule has 1 amide bonds. The van der Waals surface area contributed by atoms with Crippen molar-refractivity contribution in [1.82, 2.24) is 20.1 Å². The summed E-state index contributed by atoms with van der Waals surface area (Å²) in [6, 6.07) is 6.76. The summed E-state index contributed by atoms with van der Waals surface area (Å²) < 4.78 is 6.27. The van der Waals surface area contributed by atoms with E-state index in [2.05, 4.69) is 53.5 Å². The molecule has 0 spiro atoms. The lowest BCUT2D eigenvalue weighted by molar-refractivity contribution is 0.0388. The molecule has 0 radical (unpaired) electrons. The number of nitrogens with zero attached hydrogens (tertiary/aromatic N) is 2. The van der Waals surface area contributed by atoms with Gasteiger partial charge in [0.2, 0.25) is 0 Å². The molecule has 2 aromatic rings. The number of ether oxygens (including phenoxy) is 1. The number of rotatable bonds is 9. The molecule has 1 aromatic carbocycles. The number of carbonyl (C=O) groups is 1. The molecular formula is C30H45N5O3. The first kappa shape index (κ1) is 28.2. The lowest BCUT2D eigenvalue weighted by Crippen LogP contribution is -2.51. The first-order chi connectivity index (χ1) is 18.0. The van der Waals surface area contributed by atoms with E-state index < -0.39 is 0 Å². The van der Waals surface area contributed by atoms with Crippen LogP contribution in [-0.2, 0) is 6.54 Å². The lowest BCUT2D eigenvalue weighted by atomic mass is 9.81. The topological polar surface area (TPSA) is 89.7 Å². The smallest absolute Gasteiger partial charge is 0.253 e. The number of hydrogen-bond donors (Lipinski definition) is 3. The van der Waals surface area contributed by atoms with Gasteiger partial charge in [-0.3, -0.25) is 14.5 Å². The molecule has 2 heterocycles. The normalized spacial score (nSPS) is 21.2. The van der Waals surface area contributed by atoms with Gasteiger partial charge >= 0.3 is 0 Å². The number of aromatic amines is 1. The molecule has 208 valence electrons. The highest BCUT2D eigenvalue weighted by Gasteiger charge is 2.28. The molecule has 8 nitrogen and oxygen atoms in total. The SMILES string of the molecule is Cc1cc(C)c(CNC(=O)c2cc(OC3CN(C)C3)cc(NC(C)C3CCC(N(C)C)CC3)c2C)c(=O)[nH]1. The number of benzene rings is 1. The zero-order chi connectivity index (χ0) is 27.6. The summed E-state index contributed by atoms with van der Waals surface area (Å²) in [5.41, 5.74) is 4.50. The summed E-state index contributed by atoms with van der Waals surface area (Å²) in [5.74, 6) is 1.08. The molecule has 1 aliphatic heterocycles. The quantitative estimate of drug-likeness (QED) is 0.463. The van der Waals surface area contributed by atoms with E-state index in [-0.39, 0.29) is 30.2 Å². The molecule has 2 fully saturated rings. The lowest BCUT2D eigenvalue weighted by Gasteiger charge is -2.37. The van der Waals surface area contributed by atoms with Gasteiger partial charge in [-0.05, 0) is 104 Å². The summed E-state index contributed by atoms with van der Waals surface area (Å²) in [6.45, 7) is 9.91. The van der Waals surface area contributed by atoms with Crippen molar-refractivity contribution in [3.8, 4) is 5.75 Å². The number of aromatic nitrogens is 1. The number of H-pyrrole nitrogens is 1. The number of amides is 1. The maximum absolute atomic E-state index is 13.4. The van der Waals surface area contributed by atoms with E-state index in [1.54, 1.807) is 0 Å². The second kappa shape index (κ2) is 11.9. The van der Waals surface area contributed by atoms with Crippen LogP contribution in [-0.4, -0.2) is 73.1 Å². The maximum atomic E-state index is 13.4. The molecule has 1 saturated heterocycles. The van der Waals surface area contributed by atoms with Crippen molar-refractivity contribution < 1.29 is 9.53 Å². The van der Waals surface area contributed by atoms with E-state index in [9.17, 15) is 9.59 Å². The first-order valence-electron chi connectivity index (χ1n) is 13.9. The van der Waals surface area contributed by atoms with Crippen LogP contribution < -0.4 is 20.9 Å². The molecule has 8 heteroatoms. The largest absolute Gasteiger partial charge is 0.488 e. The summed E-state index contributed by atoms with van der Waals surface area (Å²) in [7, 11) is 6.41. The fourth-order valence-electron chi connectivity index (χ4n) is 5.90. The van der Waals surface area contributed by atoms with Crippen molar-refractivity contribution in [3.05, 3.63) is 56.5 Å². The van der Waals surface area contributed by atoms with Crippen molar-refractivity contribution in [2.75, 3.05) is 39.5 Å². The van der Waals surface area contributed by atoms with Gasteiger partial charge < -0.3 is 25.3 Å². The Morgan fingerprint density at radius 1 is 1.13 bits per heavy atom. The van der Waals surface area contributed by atoms with Crippen LogP contribution in [0.25, 0.3) is 0 Å². The monoisotopic (exact) mass is 523 g/mol. The fourth-order valence-corrected chi connectivity index (χ4v) is 5.90. The Labute approximate surface area is 227 Å². The Morgan fingerprint density at radius 3 is 2.42 bits per heavy atom. The number of carbonyl (C=O) groups excluding carboxylic acids is 1. The summed E-state index contributed by atoms with van der Waals surface area (Å²) >= 11 is 0. The van der Waals surface area contributed by atoms with Gasteiger partial charge in [-0.25, -0.2) is 0 Å². The van der Waals surface area contributed by atoms with Crippen LogP contribution in [0.3, 0.4) is 0 Å². The van der Waals surface area contributed by atoms with Crippen molar-refractivity contribution in [2.45, 2.75) is 78.1 Å². The van der Waals surface area contributed by atoms with Crippen molar-refractivity contribution in [2.24, 2.45) is 5.92 Å². The van der Waals surface area contributed by atoms with Crippen LogP contribution in [0.5, 0.6) is 5.75 Å². The van der Waals surface area contributed by atoms with Crippen LogP contribution in [0, 0.1) is 26.7 Å². The molecule has 1 aromatic heterocycles. The number of anilines is 1. The van der Waals surface area contributed by atoms with Gasteiger partial charge in [0.15, 0.2) is 0 Å². The molecule has 1 unspecified atom stereocenters. The number of aryl methyl sites for hydroxylation is 2. The average molecular weight is 524 g/mol. The van der Waals surface area contributed by atoms with Gasteiger partial charge in [-0.2, -0.15) is 0 Å².